The zero-order valence-electron chi connectivity index (χ0n) is 17.1. The number of carbonyl (C=O) groups excluding carboxylic acids is 2. The maximum absolute atomic E-state index is 13.0. The van der Waals surface area contributed by atoms with Crippen molar-refractivity contribution in [3.8, 4) is 5.75 Å². The lowest BCUT2D eigenvalue weighted by molar-refractivity contribution is -0.133. The lowest BCUT2D eigenvalue weighted by atomic mass is 9.97. The van der Waals surface area contributed by atoms with E-state index in [1.807, 2.05) is 52.3 Å². The number of ether oxygens (including phenoxy) is 1. The zero-order chi connectivity index (χ0) is 20.9. The molecule has 2 aliphatic heterocycles. The summed E-state index contributed by atoms with van der Waals surface area (Å²) in [4.78, 5) is 29.3. The summed E-state index contributed by atoms with van der Waals surface area (Å²) in [5.74, 6) is 0.673. The van der Waals surface area contributed by atoms with Gasteiger partial charge in [-0.05, 0) is 49.1 Å². The number of halogens is 1. The molecule has 2 aliphatic rings. The molecule has 2 aromatic carbocycles. The van der Waals surface area contributed by atoms with Crippen LogP contribution in [-0.4, -0.2) is 47.9 Å². The van der Waals surface area contributed by atoms with E-state index in [9.17, 15) is 9.59 Å². The molecule has 6 heteroatoms. The Balaban J connectivity index is 1.42. The number of hydrogen-bond acceptors (Lipinski definition) is 3. The van der Waals surface area contributed by atoms with Crippen molar-refractivity contribution in [2.45, 2.75) is 38.6 Å². The summed E-state index contributed by atoms with van der Waals surface area (Å²) in [6, 6.07) is 13.1. The van der Waals surface area contributed by atoms with Crippen LogP contribution in [-0.2, 0) is 17.8 Å². The minimum atomic E-state index is -0.00417. The third-order valence-electron chi connectivity index (χ3n) is 5.88. The van der Waals surface area contributed by atoms with Crippen LogP contribution in [0.25, 0.3) is 0 Å². The van der Waals surface area contributed by atoms with Crippen molar-refractivity contribution < 1.29 is 14.3 Å². The van der Waals surface area contributed by atoms with Crippen LogP contribution >= 0.6 is 11.6 Å². The minimum absolute atomic E-state index is 0.00417. The molecule has 158 valence electrons. The smallest absolute Gasteiger partial charge is 0.260 e. The standard InChI is InChI=1S/C24H27ClN2O3/c25-19-10-8-18(9-11-19)16-27-15-12-20-21(24(27)29)6-5-7-22(20)30-17-23(28)26-13-3-1-2-4-14-26/h5-11H,1-4,12-17H2. The van der Waals surface area contributed by atoms with Gasteiger partial charge in [0.25, 0.3) is 11.8 Å². The number of fused-ring (bicyclic) bond motifs is 1. The first-order valence-corrected chi connectivity index (χ1v) is 11.1. The van der Waals surface area contributed by atoms with E-state index in [-0.39, 0.29) is 18.4 Å². The number of carbonyl (C=O) groups is 2. The molecule has 0 aromatic heterocycles. The topological polar surface area (TPSA) is 49.9 Å². The van der Waals surface area contributed by atoms with Gasteiger partial charge in [0.15, 0.2) is 6.61 Å². The van der Waals surface area contributed by atoms with Gasteiger partial charge < -0.3 is 14.5 Å². The van der Waals surface area contributed by atoms with Crippen LogP contribution in [0.3, 0.4) is 0 Å². The van der Waals surface area contributed by atoms with Gasteiger partial charge in [-0.25, -0.2) is 0 Å². The Kier molecular flexibility index (Phi) is 6.58. The Bertz CT molecular complexity index is 905. The van der Waals surface area contributed by atoms with Crippen molar-refractivity contribution in [1.29, 1.82) is 0 Å². The maximum atomic E-state index is 13.0. The SMILES string of the molecule is O=C(COc1cccc2c1CCN(Cc1ccc(Cl)cc1)C2=O)N1CCCCCC1. The summed E-state index contributed by atoms with van der Waals surface area (Å²) in [6.45, 7) is 2.82. The molecule has 0 aliphatic carbocycles. The Labute approximate surface area is 182 Å². The average Bonchev–Trinajstić information content (AvgIpc) is 3.05. The molecule has 30 heavy (non-hydrogen) atoms. The van der Waals surface area contributed by atoms with E-state index in [2.05, 4.69) is 0 Å². The average molecular weight is 427 g/mol. The number of rotatable bonds is 5. The lowest BCUT2D eigenvalue weighted by Crippen LogP contribution is -2.38. The molecule has 0 saturated carbocycles. The fraction of sp³-hybridized carbons (Fsp3) is 0.417. The zero-order valence-corrected chi connectivity index (χ0v) is 17.9. The van der Waals surface area contributed by atoms with Crippen LogP contribution in [0.5, 0.6) is 5.75 Å². The van der Waals surface area contributed by atoms with Gasteiger partial charge in [-0.2, -0.15) is 0 Å². The van der Waals surface area contributed by atoms with Crippen molar-refractivity contribution in [2.24, 2.45) is 0 Å². The largest absolute Gasteiger partial charge is 0.483 e. The fourth-order valence-corrected chi connectivity index (χ4v) is 4.32. The molecule has 4 rings (SSSR count). The van der Waals surface area contributed by atoms with Crippen molar-refractivity contribution >= 4 is 23.4 Å². The molecule has 5 nitrogen and oxygen atoms in total. The van der Waals surface area contributed by atoms with Crippen LogP contribution in [0.15, 0.2) is 42.5 Å². The van der Waals surface area contributed by atoms with Gasteiger partial charge >= 0.3 is 0 Å². The number of amides is 2. The van der Waals surface area contributed by atoms with E-state index in [0.717, 1.165) is 37.1 Å². The molecular formula is C24H27ClN2O3. The highest BCUT2D eigenvalue weighted by molar-refractivity contribution is 6.30. The van der Waals surface area contributed by atoms with Gasteiger partial charge in [0.05, 0.1) is 0 Å². The van der Waals surface area contributed by atoms with E-state index >= 15 is 0 Å². The Morgan fingerprint density at radius 2 is 1.70 bits per heavy atom. The first kappa shape index (κ1) is 20.7. The van der Waals surface area contributed by atoms with Crippen LogP contribution in [0.4, 0.5) is 0 Å². The second-order valence-corrected chi connectivity index (χ2v) is 8.41. The van der Waals surface area contributed by atoms with E-state index in [1.54, 1.807) is 0 Å². The third-order valence-corrected chi connectivity index (χ3v) is 6.13. The fourth-order valence-electron chi connectivity index (χ4n) is 4.19. The summed E-state index contributed by atoms with van der Waals surface area (Å²) in [5, 5.41) is 0.686. The third kappa shape index (κ3) is 4.78. The summed E-state index contributed by atoms with van der Waals surface area (Å²) in [6.07, 6.45) is 5.20. The second kappa shape index (κ2) is 9.52. The van der Waals surface area contributed by atoms with Crippen molar-refractivity contribution in [3.05, 3.63) is 64.2 Å². The minimum Gasteiger partial charge on any atom is -0.483 e. The molecule has 2 amide bonds. The molecular weight excluding hydrogens is 400 g/mol. The van der Waals surface area contributed by atoms with Gasteiger partial charge in [0.1, 0.15) is 5.75 Å². The highest BCUT2D eigenvalue weighted by atomic mass is 35.5. The monoisotopic (exact) mass is 426 g/mol. The number of nitrogens with zero attached hydrogens (tertiary/aromatic N) is 2. The van der Waals surface area contributed by atoms with Crippen molar-refractivity contribution in [1.82, 2.24) is 9.80 Å². The van der Waals surface area contributed by atoms with Crippen LogP contribution in [0, 0.1) is 0 Å². The van der Waals surface area contributed by atoms with Gasteiger partial charge in [-0.15, -0.1) is 0 Å². The van der Waals surface area contributed by atoms with E-state index < -0.39 is 0 Å². The molecule has 2 heterocycles. The molecule has 0 bridgehead atoms. The number of benzene rings is 2. The van der Waals surface area contributed by atoms with Crippen LogP contribution < -0.4 is 4.74 Å². The lowest BCUT2D eigenvalue weighted by Gasteiger charge is -2.30. The molecule has 0 spiro atoms. The summed E-state index contributed by atoms with van der Waals surface area (Å²) in [7, 11) is 0. The molecule has 0 atom stereocenters. The first-order valence-electron chi connectivity index (χ1n) is 10.7. The molecule has 0 unspecified atom stereocenters. The highest BCUT2D eigenvalue weighted by Gasteiger charge is 2.27. The summed E-state index contributed by atoms with van der Waals surface area (Å²) >= 11 is 5.96. The van der Waals surface area contributed by atoms with Gasteiger partial charge in [0, 0.05) is 42.3 Å². The highest BCUT2D eigenvalue weighted by Crippen LogP contribution is 2.29. The second-order valence-electron chi connectivity index (χ2n) is 7.97. The van der Waals surface area contributed by atoms with Crippen LogP contribution in [0.2, 0.25) is 5.02 Å². The maximum Gasteiger partial charge on any atom is 0.260 e. The first-order chi connectivity index (χ1) is 14.6. The normalized spacial score (nSPS) is 16.8. The van der Waals surface area contributed by atoms with Crippen molar-refractivity contribution in [3.63, 3.8) is 0 Å². The van der Waals surface area contributed by atoms with E-state index in [0.29, 0.717) is 35.8 Å². The Morgan fingerprint density at radius 3 is 2.43 bits per heavy atom. The van der Waals surface area contributed by atoms with Crippen LogP contribution in [0.1, 0.15) is 47.2 Å². The van der Waals surface area contributed by atoms with Gasteiger partial charge in [-0.3, -0.25) is 9.59 Å². The predicted octanol–water partition coefficient (Wildman–Crippen LogP) is 4.32. The Morgan fingerprint density at radius 1 is 0.967 bits per heavy atom. The Hall–Kier alpha value is -2.53. The summed E-state index contributed by atoms with van der Waals surface area (Å²) in [5.41, 5.74) is 2.61. The van der Waals surface area contributed by atoms with Gasteiger partial charge in [-0.1, -0.05) is 42.6 Å². The molecule has 2 aromatic rings. The van der Waals surface area contributed by atoms with E-state index in [1.165, 1.54) is 12.8 Å². The quantitative estimate of drug-likeness (QED) is 0.715. The molecule has 1 fully saturated rings. The summed E-state index contributed by atoms with van der Waals surface area (Å²) < 4.78 is 5.90. The van der Waals surface area contributed by atoms with E-state index in [4.69, 9.17) is 16.3 Å². The number of likely N-dealkylation sites (tertiary alicyclic amines) is 1. The molecule has 1 saturated heterocycles. The molecule has 0 N–H and O–H groups in total. The van der Waals surface area contributed by atoms with Crippen molar-refractivity contribution in [2.75, 3.05) is 26.2 Å². The predicted molar refractivity (Wildman–Crippen MR) is 117 cm³/mol. The molecule has 0 radical (unpaired) electrons. The number of hydrogen-bond donors (Lipinski definition) is 0. The van der Waals surface area contributed by atoms with Gasteiger partial charge in [0.2, 0.25) is 0 Å².